The number of methoxy groups -OCH3 is 1. The average molecular weight is 322 g/mol. The number of anilines is 1. The smallest absolute Gasteiger partial charge is 0.330 e. The molecule has 128 valence electrons. The maximum Gasteiger partial charge on any atom is 0.330 e. The van der Waals surface area contributed by atoms with E-state index in [0.29, 0.717) is 5.69 Å². The summed E-state index contributed by atoms with van der Waals surface area (Å²) in [6, 6.07) is 6.16. The van der Waals surface area contributed by atoms with Gasteiger partial charge >= 0.3 is 12.0 Å². The Labute approximate surface area is 137 Å². The molecule has 0 bridgehead atoms. The lowest BCUT2D eigenvalue weighted by Gasteiger charge is -2.24. The Morgan fingerprint density at radius 2 is 1.78 bits per heavy atom. The molecule has 0 fully saturated rings. The Morgan fingerprint density at radius 3 is 2.26 bits per heavy atom. The zero-order chi connectivity index (χ0) is 17.5. The highest BCUT2D eigenvalue weighted by molar-refractivity contribution is 5.92. The van der Waals surface area contributed by atoms with Gasteiger partial charge in [0.1, 0.15) is 0 Å². The quantitative estimate of drug-likeness (QED) is 0.790. The van der Waals surface area contributed by atoms with E-state index in [1.807, 2.05) is 45.0 Å². The van der Waals surface area contributed by atoms with Crippen molar-refractivity contribution in [2.75, 3.05) is 19.0 Å². The van der Waals surface area contributed by atoms with E-state index in [1.165, 1.54) is 12.7 Å². The van der Waals surface area contributed by atoms with Gasteiger partial charge in [0.15, 0.2) is 6.04 Å². The number of benzene rings is 1. The van der Waals surface area contributed by atoms with Crippen LogP contribution in [0.4, 0.5) is 10.5 Å². The molecule has 6 nitrogen and oxygen atoms in total. The molecule has 2 amide bonds. The first-order chi connectivity index (χ1) is 10.7. The molecule has 0 saturated carbocycles. The summed E-state index contributed by atoms with van der Waals surface area (Å²) in [7, 11) is 1.27. The van der Waals surface area contributed by atoms with E-state index in [9.17, 15) is 9.59 Å². The second-order valence-electron chi connectivity index (χ2n) is 6.15. The van der Waals surface area contributed by atoms with Crippen molar-refractivity contribution in [1.29, 1.82) is 0 Å². The number of carbonyl (C=O) groups is 2. The third kappa shape index (κ3) is 7.15. The van der Waals surface area contributed by atoms with Gasteiger partial charge in [0.25, 0.3) is 0 Å². The van der Waals surface area contributed by atoms with Crippen molar-refractivity contribution in [3.8, 4) is 0 Å². The van der Waals surface area contributed by atoms with Gasteiger partial charge in [-0.15, -0.1) is 0 Å². The summed E-state index contributed by atoms with van der Waals surface area (Å²) in [5.74, 6) is -0.550. The number of carbonyl (C=O) groups excluding carboxylic acids is 2. The minimum absolute atomic E-state index is 0.0400. The van der Waals surface area contributed by atoms with Gasteiger partial charge in [0.2, 0.25) is 0 Å². The predicted octanol–water partition coefficient (Wildman–Crippen LogP) is 2.73. The van der Waals surface area contributed by atoms with Gasteiger partial charge < -0.3 is 20.1 Å². The van der Waals surface area contributed by atoms with Gasteiger partial charge in [0, 0.05) is 5.69 Å². The number of ether oxygens (including phenoxy) is 2. The van der Waals surface area contributed by atoms with Gasteiger partial charge in [0.05, 0.1) is 19.3 Å². The van der Waals surface area contributed by atoms with Gasteiger partial charge in [-0.1, -0.05) is 19.1 Å². The van der Waals surface area contributed by atoms with E-state index in [-0.39, 0.29) is 6.61 Å². The second kappa shape index (κ2) is 8.53. The number of urea groups is 1. The summed E-state index contributed by atoms with van der Waals surface area (Å²) < 4.78 is 10.3. The summed E-state index contributed by atoms with van der Waals surface area (Å²) in [6.45, 7) is 7.72. The lowest BCUT2D eigenvalue weighted by molar-refractivity contribution is -0.145. The van der Waals surface area contributed by atoms with Gasteiger partial charge in [-0.2, -0.15) is 0 Å². The Hall–Kier alpha value is -2.08. The van der Waals surface area contributed by atoms with Crippen LogP contribution in [0.25, 0.3) is 0 Å². The molecule has 0 aliphatic carbocycles. The standard InChI is InChI=1S/C17H26N2O4/c1-6-12-7-9-13(10-8-12)18-16(21)19-14(15(20)22-5)11-23-17(2,3)4/h7-10,14H,6,11H2,1-5H3,(H2,18,19,21). The third-order valence-corrected chi connectivity index (χ3v) is 3.09. The molecule has 1 atom stereocenters. The molecule has 1 unspecified atom stereocenters. The van der Waals surface area contributed by atoms with Crippen molar-refractivity contribution in [2.45, 2.75) is 45.8 Å². The average Bonchev–Trinajstić information content (AvgIpc) is 2.50. The molecule has 0 radical (unpaired) electrons. The van der Waals surface area contributed by atoms with Crippen molar-refractivity contribution in [2.24, 2.45) is 0 Å². The zero-order valence-electron chi connectivity index (χ0n) is 14.4. The third-order valence-electron chi connectivity index (χ3n) is 3.09. The van der Waals surface area contributed by atoms with Crippen LogP contribution in [0.3, 0.4) is 0 Å². The Balaban J connectivity index is 2.62. The molecule has 0 saturated heterocycles. The Morgan fingerprint density at radius 1 is 1.17 bits per heavy atom. The van der Waals surface area contributed by atoms with Gasteiger partial charge in [-0.3, -0.25) is 0 Å². The molecule has 0 aromatic heterocycles. The molecule has 1 rings (SSSR count). The van der Waals surface area contributed by atoms with Gasteiger partial charge in [-0.25, -0.2) is 9.59 Å². The Bertz CT molecular complexity index is 520. The van der Waals surface area contributed by atoms with E-state index < -0.39 is 23.6 Å². The van der Waals surface area contributed by atoms with Crippen LogP contribution < -0.4 is 10.6 Å². The highest BCUT2D eigenvalue weighted by Crippen LogP contribution is 2.10. The minimum Gasteiger partial charge on any atom is -0.467 e. The fourth-order valence-corrected chi connectivity index (χ4v) is 1.79. The lowest BCUT2D eigenvalue weighted by atomic mass is 10.1. The summed E-state index contributed by atoms with van der Waals surface area (Å²) in [4.78, 5) is 23.8. The molecule has 2 N–H and O–H groups in total. The maximum atomic E-state index is 12.0. The van der Waals surface area contributed by atoms with E-state index >= 15 is 0 Å². The topological polar surface area (TPSA) is 76.7 Å². The summed E-state index contributed by atoms with van der Waals surface area (Å²) in [5.41, 5.74) is 1.42. The second-order valence-corrected chi connectivity index (χ2v) is 6.15. The SMILES string of the molecule is CCc1ccc(NC(=O)NC(COC(C)(C)C)C(=O)OC)cc1. The summed E-state index contributed by atoms with van der Waals surface area (Å²) in [5, 5.41) is 5.25. The fraction of sp³-hybridized carbons (Fsp3) is 0.529. The van der Waals surface area contributed by atoms with Crippen LogP contribution in [-0.2, 0) is 20.7 Å². The molecule has 1 aromatic rings. The highest BCUT2D eigenvalue weighted by atomic mass is 16.5. The fourth-order valence-electron chi connectivity index (χ4n) is 1.79. The minimum atomic E-state index is -0.867. The number of rotatable bonds is 6. The predicted molar refractivity (Wildman–Crippen MR) is 89.5 cm³/mol. The first kappa shape index (κ1) is 19.0. The van der Waals surface area contributed by atoms with Crippen LogP contribution >= 0.6 is 0 Å². The zero-order valence-corrected chi connectivity index (χ0v) is 14.4. The first-order valence-corrected chi connectivity index (χ1v) is 7.63. The van der Waals surface area contributed by atoms with E-state index in [2.05, 4.69) is 17.6 Å². The van der Waals surface area contributed by atoms with E-state index in [0.717, 1.165) is 6.42 Å². The molecule has 0 spiro atoms. The van der Waals surface area contributed by atoms with E-state index in [1.54, 1.807) is 0 Å². The van der Waals surface area contributed by atoms with Gasteiger partial charge in [-0.05, 0) is 44.9 Å². The van der Waals surface area contributed by atoms with E-state index in [4.69, 9.17) is 9.47 Å². The van der Waals surface area contributed by atoms with Crippen LogP contribution in [0.15, 0.2) is 24.3 Å². The molecule has 0 aliphatic heterocycles. The summed E-state index contributed by atoms with van der Waals surface area (Å²) >= 11 is 0. The highest BCUT2D eigenvalue weighted by Gasteiger charge is 2.24. The number of esters is 1. The number of hydrogen-bond acceptors (Lipinski definition) is 4. The lowest BCUT2D eigenvalue weighted by Crippen LogP contribution is -2.47. The largest absolute Gasteiger partial charge is 0.467 e. The molecule has 6 heteroatoms. The molecular formula is C17H26N2O4. The Kier molecular flexibility index (Phi) is 7.03. The maximum absolute atomic E-state index is 12.0. The van der Waals surface area contributed by atoms with Crippen LogP contribution in [0.5, 0.6) is 0 Å². The van der Waals surface area contributed by atoms with Crippen molar-refractivity contribution in [1.82, 2.24) is 5.32 Å². The molecule has 0 heterocycles. The van der Waals surface area contributed by atoms with Crippen molar-refractivity contribution in [3.63, 3.8) is 0 Å². The molecule has 1 aromatic carbocycles. The monoisotopic (exact) mass is 322 g/mol. The van der Waals surface area contributed by atoms with Crippen molar-refractivity contribution < 1.29 is 19.1 Å². The van der Waals surface area contributed by atoms with Crippen LogP contribution in [0, 0.1) is 0 Å². The number of amides is 2. The first-order valence-electron chi connectivity index (χ1n) is 7.63. The van der Waals surface area contributed by atoms with Crippen molar-refractivity contribution in [3.05, 3.63) is 29.8 Å². The number of hydrogen-bond donors (Lipinski definition) is 2. The van der Waals surface area contributed by atoms with Crippen molar-refractivity contribution >= 4 is 17.7 Å². The van der Waals surface area contributed by atoms with Crippen LogP contribution in [0.1, 0.15) is 33.3 Å². The number of aryl methyl sites for hydroxylation is 1. The molecular weight excluding hydrogens is 296 g/mol. The normalized spacial score (nSPS) is 12.4. The van der Waals surface area contributed by atoms with Crippen LogP contribution in [-0.4, -0.2) is 37.4 Å². The van der Waals surface area contributed by atoms with Crippen LogP contribution in [0.2, 0.25) is 0 Å². The molecule has 23 heavy (non-hydrogen) atoms. The summed E-state index contributed by atoms with van der Waals surface area (Å²) in [6.07, 6.45) is 0.932. The number of nitrogens with one attached hydrogen (secondary N) is 2. The molecule has 0 aliphatic rings.